The van der Waals surface area contributed by atoms with Crippen molar-refractivity contribution in [1.82, 2.24) is 9.55 Å². The van der Waals surface area contributed by atoms with Crippen LogP contribution in [0.4, 0.5) is 0 Å². The van der Waals surface area contributed by atoms with Crippen LogP contribution in [-0.2, 0) is 11.3 Å². The number of carbonyl (C=O) groups is 1. The Bertz CT molecular complexity index is 652. The van der Waals surface area contributed by atoms with Crippen molar-refractivity contribution in [1.29, 1.82) is 0 Å². The molecule has 0 aliphatic rings. The molecule has 0 radical (unpaired) electrons. The molecule has 0 saturated heterocycles. The van der Waals surface area contributed by atoms with E-state index in [0.29, 0.717) is 18.3 Å². The first-order chi connectivity index (χ1) is 10.2. The maximum Gasteiger partial charge on any atom is 0.313 e. The minimum Gasteiger partial charge on any atom is -0.491 e. The number of imidazole rings is 1. The summed E-state index contributed by atoms with van der Waals surface area (Å²) in [5, 5.41) is 9.50. The van der Waals surface area contributed by atoms with E-state index in [0.717, 1.165) is 23.2 Å². The summed E-state index contributed by atoms with van der Waals surface area (Å²) in [6.45, 7) is 7.00. The second kappa shape index (κ2) is 7.17. The molecule has 1 aromatic carbocycles. The number of rotatable bonds is 8. The fraction of sp³-hybridized carbons (Fsp3) is 0.333. The van der Waals surface area contributed by atoms with Crippen LogP contribution in [0, 0.1) is 0 Å². The molecule has 0 saturated carbocycles. The van der Waals surface area contributed by atoms with E-state index in [1.165, 1.54) is 11.8 Å². The molecule has 2 rings (SSSR count). The van der Waals surface area contributed by atoms with E-state index in [1.807, 2.05) is 29.7 Å². The lowest BCUT2D eigenvalue weighted by Crippen LogP contribution is -2.02. The normalized spacial score (nSPS) is 10.7. The monoisotopic (exact) mass is 306 g/mol. The number of hydrogen-bond donors (Lipinski definition) is 1. The Labute approximate surface area is 127 Å². The van der Waals surface area contributed by atoms with Crippen LogP contribution >= 0.6 is 11.8 Å². The molecular formula is C15H18N2O3S. The van der Waals surface area contributed by atoms with Gasteiger partial charge in [0.25, 0.3) is 0 Å². The molecule has 0 bridgehead atoms. The maximum atomic E-state index is 10.8. The highest BCUT2D eigenvalue weighted by atomic mass is 32.2. The summed E-state index contributed by atoms with van der Waals surface area (Å²) in [5.74, 6) is -0.153. The van der Waals surface area contributed by atoms with Crippen LogP contribution in [0.25, 0.3) is 11.0 Å². The molecule has 0 aliphatic heterocycles. The topological polar surface area (TPSA) is 64.4 Å². The summed E-state index contributed by atoms with van der Waals surface area (Å²) >= 11 is 1.20. The Balaban J connectivity index is 2.44. The number of aliphatic carboxylic acids is 1. The van der Waals surface area contributed by atoms with E-state index in [-0.39, 0.29) is 5.75 Å². The minimum absolute atomic E-state index is 0.0222. The number of carboxylic acid groups (broad SMARTS) is 1. The fourth-order valence-corrected chi connectivity index (χ4v) is 2.71. The largest absolute Gasteiger partial charge is 0.491 e. The number of thioether (sulfide) groups is 1. The Morgan fingerprint density at radius 1 is 1.57 bits per heavy atom. The quantitative estimate of drug-likeness (QED) is 0.599. The lowest BCUT2D eigenvalue weighted by Gasteiger charge is -2.06. The van der Waals surface area contributed by atoms with Crippen LogP contribution in [0.15, 0.2) is 36.0 Å². The number of hydrogen-bond acceptors (Lipinski definition) is 4. The molecule has 112 valence electrons. The van der Waals surface area contributed by atoms with Crippen molar-refractivity contribution in [2.75, 3.05) is 12.4 Å². The molecule has 1 heterocycles. The maximum absolute atomic E-state index is 10.8. The number of aromatic nitrogens is 2. The molecule has 0 amide bonds. The van der Waals surface area contributed by atoms with E-state index >= 15 is 0 Å². The lowest BCUT2D eigenvalue weighted by molar-refractivity contribution is -0.133. The highest BCUT2D eigenvalue weighted by Gasteiger charge is 2.15. The SMILES string of the molecule is C=CCn1c(SCC(=O)O)nc2c(OCCC)cccc21. The van der Waals surface area contributed by atoms with Gasteiger partial charge in [-0.3, -0.25) is 4.79 Å². The van der Waals surface area contributed by atoms with E-state index < -0.39 is 5.97 Å². The van der Waals surface area contributed by atoms with Crippen molar-refractivity contribution >= 4 is 28.8 Å². The Morgan fingerprint density at radius 3 is 3.05 bits per heavy atom. The van der Waals surface area contributed by atoms with Gasteiger partial charge in [0.15, 0.2) is 5.16 Å². The first-order valence-electron chi connectivity index (χ1n) is 6.75. The van der Waals surface area contributed by atoms with Gasteiger partial charge in [-0.25, -0.2) is 4.98 Å². The average molecular weight is 306 g/mol. The number of para-hydroxylation sites is 1. The molecule has 0 fully saturated rings. The summed E-state index contributed by atoms with van der Waals surface area (Å²) in [6, 6.07) is 5.75. The van der Waals surface area contributed by atoms with Crippen molar-refractivity contribution in [2.24, 2.45) is 0 Å². The smallest absolute Gasteiger partial charge is 0.313 e. The third-order valence-corrected chi connectivity index (χ3v) is 3.77. The molecule has 2 aromatic rings. The number of nitrogens with zero attached hydrogens (tertiary/aromatic N) is 2. The molecule has 21 heavy (non-hydrogen) atoms. The van der Waals surface area contributed by atoms with Crippen LogP contribution in [0.1, 0.15) is 13.3 Å². The summed E-state index contributed by atoms with van der Waals surface area (Å²) < 4.78 is 7.67. The zero-order valence-electron chi connectivity index (χ0n) is 11.9. The van der Waals surface area contributed by atoms with Crippen molar-refractivity contribution in [3.63, 3.8) is 0 Å². The molecule has 5 nitrogen and oxygen atoms in total. The zero-order chi connectivity index (χ0) is 15.2. The summed E-state index contributed by atoms with van der Waals surface area (Å²) in [4.78, 5) is 15.3. The van der Waals surface area contributed by atoms with Crippen LogP contribution in [0.3, 0.4) is 0 Å². The zero-order valence-corrected chi connectivity index (χ0v) is 12.7. The second-order valence-electron chi connectivity index (χ2n) is 4.45. The molecule has 0 atom stereocenters. The first-order valence-corrected chi connectivity index (χ1v) is 7.73. The highest BCUT2D eigenvalue weighted by Crippen LogP contribution is 2.30. The standard InChI is InChI=1S/C15H18N2O3S/c1-3-8-17-11-6-5-7-12(20-9-4-2)14(11)16-15(17)21-10-13(18)19/h3,5-7H,1,4,8-10H2,2H3,(H,18,19). The van der Waals surface area contributed by atoms with Crippen LogP contribution in [-0.4, -0.2) is 33.0 Å². The van der Waals surface area contributed by atoms with Crippen molar-refractivity contribution in [3.8, 4) is 5.75 Å². The third-order valence-electron chi connectivity index (χ3n) is 2.80. The van der Waals surface area contributed by atoms with Crippen LogP contribution in [0.5, 0.6) is 5.75 Å². The van der Waals surface area contributed by atoms with Crippen LogP contribution in [0.2, 0.25) is 0 Å². The number of allylic oxidation sites excluding steroid dienone is 1. The van der Waals surface area contributed by atoms with Crippen LogP contribution < -0.4 is 4.74 Å². The van der Waals surface area contributed by atoms with Crippen molar-refractivity contribution < 1.29 is 14.6 Å². The molecule has 6 heteroatoms. The predicted molar refractivity (Wildman–Crippen MR) is 84.1 cm³/mol. The van der Waals surface area contributed by atoms with Gasteiger partial charge in [0.2, 0.25) is 0 Å². The highest BCUT2D eigenvalue weighted by molar-refractivity contribution is 7.99. The number of ether oxygens (including phenoxy) is 1. The average Bonchev–Trinajstić information content (AvgIpc) is 2.82. The van der Waals surface area contributed by atoms with Crippen molar-refractivity contribution in [3.05, 3.63) is 30.9 Å². The summed E-state index contributed by atoms with van der Waals surface area (Å²) in [6.07, 6.45) is 2.69. The van der Waals surface area contributed by atoms with Gasteiger partial charge in [0, 0.05) is 6.54 Å². The predicted octanol–water partition coefficient (Wildman–Crippen LogP) is 3.19. The Kier molecular flexibility index (Phi) is 5.27. The minimum atomic E-state index is -0.861. The van der Waals surface area contributed by atoms with Gasteiger partial charge in [0.1, 0.15) is 11.3 Å². The lowest BCUT2D eigenvalue weighted by atomic mass is 10.3. The first kappa shape index (κ1) is 15.4. The Hall–Kier alpha value is -1.95. The van der Waals surface area contributed by atoms with E-state index in [9.17, 15) is 4.79 Å². The molecule has 0 unspecified atom stereocenters. The third kappa shape index (κ3) is 3.58. The van der Waals surface area contributed by atoms with Crippen molar-refractivity contribution in [2.45, 2.75) is 25.0 Å². The van der Waals surface area contributed by atoms with E-state index in [4.69, 9.17) is 9.84 Å². The number of carboxylic acids is 1. The molecule has 1 aromatic heterocycles. The summed E-state index contributed by atoms with van der Waals surface area (Å²) in [7, 11) is 0. The van der Waals surface area contributed by atoms with E-state index in [1.54, 1.807) is 6.08 Å². The fourth-order valence-electron chi connectivity index (χ4n) is 1.97. The molecule has 1 N–H and O–H groups in total. The van der Waals surface area contributed by atoms with Gasteiger partial charge < -0.3 is 14.4 Å². The van der Waals surface area contributed by atoms with Gasteiger partial charge in [-0.2, -0.15) is 0 Å². The van der Waals surface area contributed by atoms with Gasteiger partial charge in [-0.1, -0.05) is 30.8 Å². The number of benzene rings is 1. The number of fused-ring (bicyclic) bond motifs is 1. The molecular weight excluding hydrogens is 288 g/mol. The molecule has 0 aliphatic carbocycles. The molecule has 0 spiro atoms. The van der Waals surface area contributed by atoms with E-state index in [2.05, 4.69) is 11.6 Å². The second-order valence-corrected chi connectivity index (χ2v) is 5.39. The van der Waals surface area contributed by atoms with Gasteiger partial charge in [-0.05, 0) is 18.6 Å². The van der Waals surface area contributed by atoms with Gasteiger partial charge in [0.05, 0.1) is 17.9 Å². The Morgan fingerprint density at radius 2 is 2.38 bits per heavy atom. The summed E-state index contributed by atoms with van der Waals surface area (Å²) in [5.41, 5.74) is 1.69. The van der Waals surface area contributed by atoms with Gasteiger partial charge >= 0.3 is 5.97 Å². The van der Waals surface area contributed by atoms with Gasteiger partial charge in [-0.15, -0.1) is 6.58 Å².